The summed E-state index contributed by atoms with van der Waals surface area (Å²) in [5.74, 6) is 0.575. The van der Waals surface area contributed by atoms with Crippen molar-refractivity contribution in [2.75, 3.05) is 39.3 Å². The lowest BCUT2D eigenvalue weighted by Crippen LogP contribution is -2.49. The van der Waals surface area contributed by atoms with E-state index in [1.165, 1.54) is 5.56 Å². The Labute approximate surface area is 158 Å². The van der Waals surface area contributed by atoms with E-state index in [0.29, 0.717) is 29.9 Å². The third kappa shape index (κ3) is 4.95. The first-order chi connectivity index (χ1) is 11.5. The highest BCUT2D eigenvalue weighted by atomic mass is 35.5. The number of hydrogen-bond acceptors (Lipinski definition) is 4. The molecule has 0 saturated carbocycles. The van der Waals surface area contributed by atoms with Gasteiger partial charge in [-0.15, -0.1) is 12.4 Å². The molecule has 0 bridgehead atoms. The first-order valence-electron chi connectivity index (χ1n) is 9.00. The zero-order valence-electron chi connectivity index (χ0n) is 15.1. The van der Waals surface area contributed by atoms with Crippen LogP contribution in [0.3, 0.4) is 0 Å². The largest absolute Gasteiger partial charge is 0.314 e. The van der Waals surface area contributed by atoms with Crippen LogP contribution >= 0.6 is 12.4 Å². The number of nitrogens with zero attached hydrogens (tertiary/aromatic N) is 2. The lowest BCUT2D eigenvalue weighted by Gasteiger charge is -2.32. The Bertz CT molecular complexity index is 643. The Morgan fingerprint density at radius 1 is 1.12 bits per heavy atom. The summed E-state index contributed by atoms with van der Waals surface area (Å²) < 4.78 is 27.4. The van der Waals surface area contributed by atoms with E-state index in [1.807, 2.05) is 12.1 Å². The van der Waals surface area contributed by atoms with Crippen LogP contribution in [0.25, 0.3) is 0 Å². The zero-order chi connectivity index (χ0) is 17.2. The van der Waals surface area contributed by atoms with Crippen LogP contribution in [0.5, 0.6) is 0 Å². The lowest BCUT2D eigenvalue weighted by molar-refractivity contribution is 0.179. The van der Waals surface area contributed by atoms with Crippen molar-refractivity contribution in [3.8, 4) is 0 Å². The molecule has 2 fully saturated rings. The fraction of sp³-hybridized carbons (Fsp3) is 0.667. The zero-order valence-corrected chi connectivity index (χ0v) is 16.8. The maximum Gasteiger partial charge on any atom is 0.243 e. The number of piperazine rings is 1. The van der Waals surface area contributed by atoms with E-state index < -0.39 is 10.0 Å². The minimum atomic E-state index is -3.36. The molecule has 0 amide bonds. The van der Waals surface area contributed by atoms with Gasteiger partial charge in [0.1, 0.15) is 0 Å². The van der Waals surface area contributed by atoms with Crippen molar-refractivity contribution in [2.45, 2.75) is 37.6 Å². The highest BCUT2D eigenvalue weighted by molar-refractivity contribution is 7.89. The first-order valence-corrected chi connectivity index (χ1v) is 10.4. The van der Waals surface area contributed by atoms with E-state index in [2.05, 4.69) is 24.1 Å². The molecule has 1 unspecified atom stereocenters. The third-order valence-corrected chi connectivity index (χ3v) is 6.88. The van der Waals surface area contributed by atoms with Crippen LogP contribution in [0.15, 0.2) is 29.2 Å². The van der Waals surface area contributed by atoms with Crippen molar-refractivity contribution in [3.05, 3.63) is 29.8 Å². The van der Waals surface area contributed by atoms with Crippen LogP contribution in [-0.2, 0) is 16.4 Å². The summed E-state index contributed by atoms with van der Waals surface area (Å²) in [6.07, 6.45) is 1.92. The Balaban J connectivity index is 0.00000225. The normalized spacial score (nSPS) is 22.9. The minimum absolute atomic E-state index is 0. The summed E-state index contributed by atoms with van der Waals surface area (Å²) in [6, 6.07) is 7.81. The van der Waals surface area contributed by atoms with Crippen LogP contribution in [0.1, 0.15) is 25.8 Å². The van der Waals surface area contributed by atoms with E-state index in [0.717, 1.165) is 39.0 Å². The van der Waals surface area contributed by atoms with Gasteiger partial charge in [-0.05, 0) is 36.5 Å². The average Bonchev–Trinajstić information content (AvgIpc) is 3.06. The highest BCUT2D eigenvalue weighted by Crippen LogP contribution is 2.24. The second-order valence-corrected chi connectivity index (χ2v) is 9.27. The summed E-state index contributed by atoms with van der Waals surface area (Å²) in [4.78, 5) is 2.86. The molecule has 0 spiro atoms. The topological polar surface area (TPSA) is 52.7 Å². The van der Waals surface area contributed by atoms with Crippen LogP contribution in [0.4, 0.5) is 0 Å². The molecule has 5 nitrogen and oxygen atoms in total. The van der Waals surface area contributed by atoms with Crippen molar-refractivity contribution in [1.82, 2.24) is 14.5 Å². The van der Waals surface area contributed by atoms with Crippen LogP contribution in [0, 0.1) is 5.92 Å². The number of hydrogen-bond donors (Lipinski definition) is 1. The Kier molecular flexibility index (Phi) is 7.29. The van der Waals surface area contributed by atoms with Gasteiger partial charge in [0.05, 0.1) is 4.90 Å². The summed E-state index contributed by atoms with van der Waals surface area (Å²) in [5, 5.41) is 3.35. The molecule has 7 heteroatoms. The fourth-order valence-corrected chi connectivity index (χ4v) is 5.18. The van der Waals surface area contributed by atoms with Crippen molar-refractivity contribution < 1.29 is 8.42 Å². The average molecular weight is 388 g/mol. The molecular weight excluding hydrogens is 358 g/mol. The number of halogens is 1. The third-order valence-electron chi connectivity index (χ3n) is 5.00. The van der Waals surface area contributed by atoms with Crippen molar-refractivity contribution in [2.24, 2.45) is 5.92 Å². The first kappa shape index (κ1) is 20.6. The number of sulfonamides is 1. The van der Waals surface area contributed by atoms with Gasteiger partial charge in [-0.1, -0.05) is 26.0 Å². The van der Waals surface area contributed by atoms with Crippen molar-refractivity contribution in [3.63, 3.8) is 0 Å². The minimum Gasteiger partial charge on any atom is -0.314 e. The molecule has 25 heavy (non-hydrogen) atoms. The summed E-state index contributed by atoms with van der Waals surface area (Å²) >= 11 is 0. The van der Waals surface area contributed by atoms with Crippen molar-refractivity contribution >= 4 is 22.4 Å². The quantitative estimate of drug-likeness (QED) is 0.839. The Hall–Kier alpha value is -0.660. The van der Waals surface area contributed by atoms with Gasteiger partial charge < -0.3 is 5.32 Å². The van der Waals surface area contributed by atoms with Gasteiger partial charge in [-0.2, -0.15) is 4.31 Å². The standard InChI is InChI=1S/C18H29N3O2S.ClH/c1-15(2)13-16-3-5-18(6-4-16)24(22,23)21-10-7-17(14-21)20-11-8-19-9-12-20;/h3-6,15,17,19H,7-14H2,1-2H3;1H. The Morgan fingerprint density at radius 3 is 2.36 bits per heavy atom. The number of rotatable bonds is 5. The van der Waals surface area contributed by atoms with Gasteiger partial charge in [-0.3, -0.25) is 4.90 Å². The van der Waals surface area contributed by atoms with Gasteiger partial charge in [0.25, 0.3) is 0 Å². The molecule has 1 atom stereocenters. The molecule has 142 valence electrons. The SMILES string of the molecule is CC(C)Cc1ccc(S(=O)(=O)N2CCC(N3CCNCC3)C2)cc1.Cl. The maximum atomic E-state index is 12.9. The number of nitrogens with one attached hydrogen (secondary N) is 1. The Morgan fingerprint density at radius 2 is 1.76 bits per heavy atom. The molecule has 2 aliphatic heterocycles. The molecule has 1 aromatic carbocycles. The van der Waals surface area contributed by atoms with E-state index in [4.69, 9.17) is 0 Å². The van der Waals surface area contributed by atoms with Crippen LogP contribution in [0.2, 0.25) is 0 Å². The van der Waals surface area contributed by atoms with Gasteiger partial charge in [0.15, 0.2) is 0 Å². The van der Waals surface area contributed by atoms with Crippen molar-refractivity contribution in [1.29, 1.82) is 0 Å². The van der Waals surface area contributed by atoms with Crippen LogP contribution in [-0.4, -0.2) is 62.9 Å². The molecule has 2 heterocycles. The molecule has 1 aromatic rings. The number of benzene rings is 1. The second kappa shape index (κ2) is 8.82. The molecular formula is C18H30ClN3O2S. The van der Waals surface area contributed by atoms with E-state index >= 15 is 0 Å². The lowest BCUT2D eigenvalue weighted by atomic mass is 10.0. The van der Waals surface area contributed by atoms with Gasteiger partial charge in [0.2, 0.25) is 10.0 Å². The predicted octanol–water partition coefficient (Wildman–Crippen LogP) is 1.98. The predicted molar refractivity (Wildman–Crippen MR) is 104 cm³/mol. The van der Waals surface area contributed by atoms with Gasteiger partial charge in [0, 0.05) is 45.3 Å². The summed E-state index contributed by atoms with van der Waals surface area (Å²) in [7, 11) is -3.36. The van der Waals surface area contributed by atoms with Crippen LogP contribution < -0.4 is 5.32 Å². The monoisotopic (exact) mass is 387 g/mol. The second-order valence-electron chi connectivity index (χ2n) is 7.33. The molecule has 0 radical (unpaired) electrons. The molecule has 2 saturated heterocycles. The fourth-order valence-electron chi connectivity index (χ4n) is 3.69. The molecule has 2 aliphatic rings. The highest BCUT2D eigenvalue weighted by Gasteiger charge is 2.35. The van der Waals surface area contributed by atoms with E-state index in [9.17, 15) is 8.42 Å². The van der Waals surface area contributed by atoms with Gasteiger partial charge in [-0.25, -0.2) is 8.42 Å². The van der Waals surface area contributed by atoms with Gasteiger partial charge >= 0.3 is 0 Å². The van der Waals surface area contributed by atoms with E-state index in [1.54, 1.807) is 16.4 Å². The molecule has 0 aromatic heterocycles. The smallest absolute Gasteiger partial charge is 0.243 e. The summed E-state index contributed by atoms with van der Waals surface area (Å²) in [6.45, 7) is 9.63. The molecule has 0 aliphatic carbocycles. The molecule has 3 rings (SSSR count). The molecule has 1 N–H and O–H groups in total. The maximum absolute atomic E-state index is 12.9. The summed E-state index contributed by atoms with van der Waals surface area (Å²) in [5.41, 5.74) is 1.20. The van der Waals surface area contributed by atoms with E-state index in [-0.39, 0.29) is 12.4 Å².